The number of para-hydroxylation sites is 1. The highest BCUT2D eigenvalue weighted by molar-refractivity contribution is 5.50. The Balaban J connectivity index is 1.75. The fourth-order valence-electron chi connectivity index (χ4n) is 3.84. The van der Waals surface area contributed by atoms with E-state index in [0.717, 1.165) is 18.4 Å². The first-order chi connectivity index (χ1) is 11.2. The predicted octanol–water partition coefficient (Wildman–Crippen LogP) is 4.29. The van der Waals surface area contributed by atoms with Crippen LogP contribution in [0.25, 0.3) is 0 Å². The quantitative estimate of drug-likeness (QED) is 0.758. The smallest absolute Gasteiger partial charge is 0.119 e. The van der Waals surface area contributed by atoms with Crippen LogP contribution in [-0.4, -0.2) is 15.1 Å². The van der Waals surface area contributed by atoms with Gasteiger partial charge in [-0.3, -0.25) is 0 Å². The van der Waals surface area contributed by atoms with Gasteiger partial charge < -0.3 is 10.1 Å². The van der Waals surface area contributed by atoms with Gasteiger partial charge in [-0.05, 0) is 42.9 Å². The lowest BCUT2D eigenvalue weighted by Gasteiger charge is -2.14. The van der Waals surface area contributed by atoms with Gasteiger partial charge in [-0.2, -0.15) is 0 Å². The molecular formula is C20H20N2O. The molecule has 3 nitrogen and oxygen atoms in total. The van der Waals surface area contributed by atoms with Crippen LogP contribution in [0.4, 0.5) is 0 Å². The zero-order valence-corrected chi connectivity index (χ0v) is 13.2. The first-order valence-corrected chi connectivity index (χ1v) is 8.08. The van der Waals surface area contributed by atoms with Crippen molar-refractivity contribution in [3.05, 3.63) is 82.9 Å². The lowest BCUT2D eigenvalue weighted by atomic mass is 9.91. The molecule has 0 saturated carbocycles. The van der Waals surface area contributed by atoms with Crippen LogP contribution in [0, 0.1) is 6.92 Å². The second-order valence-electron chi connectivity index (χ2n) is 6.46. The molecule has 23 heavy (non-hydrogen) atoms. The topological polar surface area (TPSA) is 48.9 Å². The zero-order chi connectivity index (χ0) is 15.8. The Morgan fingerprint density at radius 1 is 1.13 bits per heavy atom. The van der Waals surface area contributed by atoms with E-state index in [1.807, 2.05) is 24.4 Å². The Kier molecular flexibility index (Phi) is 3.41. The van der Waals surface area contributed by atoms with Gasteiger partial charge in [0.2, 0.25) is 0 Å². The molecule has 1 aromatic heterocycles. The molecule has 116 valence electrons. The number of fused-ring (bicyclic) bond motifs is 1. The molecule has 0 bridgehead atoms. The minimum atomic E-state index is 0.263. The second kappa shape index (κ2) is 5.58. The van der Waals surface area contributed by atoms with E-state index in [0.29, 0.717) is 11.7 Å². The maximum absolute atomic E-state index is 10.3. The molecule has 2 aromatic carbocycles. The summed E-state index contributed by atoms with van der Waals surface area (Å²) < 4.78 is 0. The summed E-state index contributed by atoms with van der Waals surface area (Å²) in [6.07, 6.45) is 5.62. The van der Waals surface area contributed by atoms with E-state index in [9.17, 15) is 5.11 Å². The number of H-pyrrole nitrogens is 1. The normalized spacial score (nSPS) is 19.7. The van der Waals surface area contributed by atoms with Gasteiger partial charge in [0.05, 0.1) is 6.33 Å². The van der Waals surface area contributed by atoms with Crippen LogP contribution in [0.5, 0.6) is 5.75 Å². The van der Waals surface area contributed by atoms with Crippen LogP contribution in [0.1, 0.15) is 46.2 Å². The van der Waals surface area contributed by atoms with Crippen molar-refractivity contribution < 1.29 is 5.11 Å². The highest BCUT2D eigenvalue weighted by Crippen LogP contribution is 2.48. The van der Waals surface area contributed by atoms with E-state index in [2.05, 4.69) is 35.1 Å². The number of nitrogens with zero attached hydrogens (tertiary/aromatic N) is 1. The maximum atomic E-state index is 10.3. The van der Waals surface area contributed by atoms with Crippen molar-refractivity contribution in [3.63, 3.8) is 0 Å². The van der Waals surface area contributed by atoms with Gasteiger partial charge in [-0.25, -0.2) is 4.98 Å². The third-order valence-corrected chi connectivity index (χ3v) is 4.91. The van der Waals surface area contributed by atoms with Gasteiger partial charge >= 0.3 is 0 Å². The SMILES string of the molecule is Cc1ccc2c(c1)C(c1ccccc1O)CC2Cc1cnc[nH]1. The third-order valence-electron chi connectivity index (χ3n) is 4.91. The van der Waals surface area contributed by atoms with E-state index in [4.69, 9.17) is 0 Å². The molecule has 0 aliphatic heterocycles. The highest BCUT2D eigenvalue weighted by atomic mass is 16.3. The molecule has 4 rings (SSSR count). The van der Waals surface area contributed by atoms with E-state index in [1.165, 1.54) is 22.4 Å². The lowest BCUT2D eigenvalue weighted by Crippen LogP contribution is -2.00. The number of nitrogens with one attached hydrogen (secondary N) is 1. The summed E-state index contributed by atoms with van der Waals surface area (Å²) in [6.45, 7) is 2.13. The van der Waals surface area contributed by atoms with Crippen molar-refractivity contribution >= 4 is 0 Å². The van der Waals surface area contributed by atoms with E-state index >= 15 is 0 Å². The van der Waals surface area contributed by atoms with E-state index < -0.39 is 0 Å². The summed E-state index contributed by atoms with van der Waals surface area (Å²) in [5.41, 5.74) is 6.23. The number of aromatic nitrogens is 2. The molecule has 0 saturated heterocycles. The van der Waals surface area contributed by atoms with Crippen molar-refractivity contribution in [1.82, 2.24) is 9.97 Å². The van der Waals surface area contributed by atoms with Gasteiger partial charge in [0.25, 0.3) is 0 Å². The average molecular weight is 304 g/mol. The molecular weight excluding hydrogens is 284 g/mol. The van der Waals surface area contributed by atoms with Gasteiger partial charge in [0, 0.05) is 23.4 Å². The molecule has 1 aliphatic carbocycles. The largest absolute Gasteiger partial charge is 0.508 e. The lowest BCUT2D eigenvalue weighted by molar-refractivity contribution is 0.462. The zero-order valence-electron chi connectivity index (χ0n) is 13.2. The molecule has 0 spiro atoms. The van der Waals surface area contributed by atoms with Crippen LogP contribution in [0.3, 0.4) is 0 Å². The number of aryl methyl sites for hydroxylation is 1. The molecule has 0 amide bonds. The van der Waals surface area contributed by atoms with Gasteiger partial charge in [0.15, 0.2) is 0 Å². The Morgan fingerprint density at radius 3 is 2.78 bits per heavy atom. The number of aromatic hydroxyl groups is 1. The summed E-state index contributed by atoms with van der Waals surface area (Å²) in [4.78, 5) is 7.34. The second-order valence-corrected chi connectivity index (χ2v) is 6.46. The number of phenolic OH excluding ortho intramolecular Hbond substituents is 1. The fraction of sp³-hybridized carbons (Fsp3) is 0.250. The summed E-state index contributed by atoms with van der Waals surface area (Å²) in [5, 5.41) is 10.3. The highest BCUT2D eigenvalue weighted by Gasteiger charge is 2.33. The monoisotopic (exact) mass is 304 g/mol. The Hall–Kier alpha value is -2.55. The van der Waals surface area contributed by atoms with Crippen molar-refractivity contribution in [2.75, 3.05) is 0 Å². The average Bonchev–Trinajstić information content (AvgIpc) is 3.17. The molecule has 1 heterocycles. The van der Waals surface area contributed by atoms with Crippen LogP contribution >= 0.6 is 0 Å². The summed E-state index contributed by atoms with van der Waals surface area (Å²) in [6, 6.07) is 14.4. The first kappa shape index (κ1) is 14.1. The number of phenols is 1. The molecule has 2 unspecified atom stereocenters. The summed E-state index contributed by atoms with van der Waals surface area (Å²) in [5.74, 6) is 1.11. The Labute approximate surface area is 136 Å². The Morgan fingerprint density at radius 2 is 2.00 bits per heavy atom. The van der Waals surface area contributed by atoms with Gasteiger partial charge in [-0.1, -0.05) is 42.0 Å². The van der Waals surface area contributed by atoms with Crippen molar-refractivity contribution in [1.29, 1.82) is 0 Å². The van der Waals surface area contributed by atoms with Gasteiger partial charge in [0.1, 0.15) is 5.75 Å². The summed E-state index contributed by atoms with van der Waals surface area (Å²) in [7, 11) is 0. The van der Waals surface area contributed by atoms with Crippen LogP contribution < -0.4 is 0 Å². The molecule has 3 aromatic rings. The molecule has 2 atom stereocenters. The number of hydrogen-bond acceptors (Lipinski definition) is 2. The number of aromatic amines is 1. The Bertz CT molecular complexity index is 823. The minimum absolute atomic E-state index is 0.263. The van der Waals surface area contributed by atoms with E-state index in [1.54, 1.807) is 12.4 Å². The molecule has 1 aliphatic rings. The predicted molar refractivity (Wildman–Crippen MR) is 90.8 cm³/mol. The molecule has 3 heteroatoms. The van der Waals surface area contributed by atoms with Crippen molar-refractivity contribution in [2.45, 2.75) is 31.6 Å². The van der Waals surface area contributed by atoms with Crippen molar-refractivity contribution in [2.24, 2.45) is 0 Å². The van der Waals surface area contributed by atoms with Crippen LogP contribution in [0.15, 0.2) is 55.0 Å². The molecule has 0 radical (unpaired) electrons. The van der Waals surface area contributed by atoms with E-state index in [-0.39, 0.29) is 5.92 Å². The standard InChI is InChI=1S/C20H20N2O/c1-13-6-7-16-14(9-15-11-21-12-22-15)10-19(18(16)8-13)17-4-2-3-5-20(17)23/h2-8,11-12,14,19,23H,9-10H2,1H3,(H,21,22). The van der Waals surface area contributed by atoms with Crippen LogP contribution in [0.2, 0.25) is 0 Å². The van der Waals surface area contributed by atoms with Crippen LogP contribution in [-0.2, 0) is 6.42 Å². The molecule has 2 N–H and O–H groups in total. The summed E-state index contributed by atoms with van der Waals surface area (Å²) >= 11 is 0. The number of rotatable bonds is 3. The minimum Gasteiger partial charge on any atom is -0.508 e. The van der Waals surface area contributed by atoms with Crippen molar-refractivity contribution in [3.8, 4) is 5.75 Å². The third kappa shape index (κ3) is 2.52. The fourth-order valence-corrected chi connectivity index (χ4v) is 3.84. The van der Waals surface area contributed by atoms with Gasteiger partial charge in [-0.15, -0.1) is 0 Å². The number of benzene rings is 2. The number of imidazole rings is 1. The first-order valence-electron chi connectivity index (χ1n) is 8.08. The molecule has 0 fully saturated rings. The number of hydrogen-bond donors (Lipinski definition) is 2. The maximum Gasteiger partial charge on any atom is 0.119 e.